The summed E-state index contributed by atoms with van der Waals surface area (Å²) in [5.74, 6) is 5.89. The highest BCUT2D eigenvalue weighted by molar-refractivity contribution is 5.13. The summed E-state index contributed by atoms with van der Waals surface area (Å²) in [5.41, 5.74) is 4.12. The second-order valence-electron chi connectivity index (χ2n) is 5.79. The van der Waals surface area contributed by atoms with Gasteiger partial charge in [0.25, 0.3) is 0 Å². The van der Waals surface area contributed by atoms with Gasteiger partial charge in [0.2, 0.25) is 0 Å². The maximum atomic E-state index is 5.89. The summed E-state index contributed by atoms with van der Waals surface area (Å²) in [4.78, 5) is 2.33. The van der Waals surface area contributed by atoms with Crippen LogP contribution in [0, 0.1) is 0 Å². The molecule has 1 aliphatic rings. The van der Waals surface area contributed by atoms with Crippen LogP contribution in [0.15, 0.2) is 6.20 Å². The van der Waals surface area contributed by atoms with Gasteiger partial charge in [0, 0.05) is 12.6 Å². The Hall–Kier alpha value is -0.980. The van der Waals surface area contributed by atoms with Gasteiger partial charge >= 0.3 is 0 Å². The summed E-state index contributed by atoms with van der Waals surface area (Å²) in [6.45, 7) is 0. The molecule has 1 aromatic heterocycles. The molecular formula is C13H26N6. The van der Waals surface area contributed by atoms with E-state index in [9.17, 15) is 0 Å². The highest BCUT2D eigenvalue weighted by atomic mass is 15.4. The molecule has 0 saturated heterocycles. The molecular weight excluding hydrogens is 240 g/mol. The lowest BCUT2D eigenvalue weighted by molar-refractivity contribution is 0.0765. The van der Waals surface area contributed by atoms with E-state index in [1.807, 2.05) is 17.9 Å². The Kier molecular flexibility index (Phi) is 4.54. The molecule has 1 heterocycles. The maximum absolute atomic E-state index is 5.89. The average molecular weight is 266 g/mol. The summed E-state index contributed by atoms with van der Waals surface area (Å²) in [7, 11) is 6.23. The Morgan fingerprint density at radius 1 is 1.32 bits per heavy atom. The lowest BCUT2D eigenvalue weighted by Gasteiger charge is -2.45. The van der Waals surface area contributed by atoms with E-state index in [2.05, 4.69) is 34.7 Å². The van der Waals surface area contributed by atoms with E-state index in [4.69, 9.17) is 5.84 Å². The zero-order valence-corrected chi connectivity index (χ0v) is 12.3. The van der Waals surface area contributed by atoms with E-state index in [0.717, 1.165) is 18.5 Å². The van der Waals surface area contributed by atoms with Crippen molar-refractivity contribution in [3.05, 3.63) is 11.9 Å². The van der Waals surface area contributed by atoms with Gasteiger partial charge in [-0.1, -0.05) is 30.9 Å². The fourth-order valence-corrected chi connectivity index (χ4v) is 3.41. The van der Waals surface area contributed by atoms with Gasteiger partial charge in [-0.2, -0.15) is 0 Å². The summed E-state index contributed by atoms with van der Waals surface area (Å²) >= 11 is 0. The van der Waals surface area contributed by atoms with Crippen LogP contribution in [0.4, 0.5) is 0 Å². The first-order valence-corrected chi connectivity index (χ1v) is 7.10. The number of rotatable bonds is 4. The van der Waals surface area contributed by atoms with Crippen molar-refractivity contribution >= 4 is 0 Å². The van der Waals surface area contributed by atoms with Gasteiger partial charge in [0.1, 0.15) is 0 Å². The smallest absolute Gasteiger partial charge is 0.0828 e. The van der Waals surface area contributed by atoms with E-state index < -0.39 is 0 Å². The fourth-order valence-electron chi connectivity index (χ4n) is 3.41. The second kappa shape index (κ2) is 5.98. The second-order valence-corrected chi connectivity index (χ2v) is 5.79. The molecule has 6 heteroatoms. The molecule has 1 fully saturated rings. The predicted molar refractivity (Wildman–Crippen MR) is 75.2 cm³/mol. The van der Waals surface area contributed by atoms with Crippen LogP contribution in [-0.4, -0.2) is 39.5 Å². The first kappa shape index (κ1) is 14.4. The summed E-state index contributed by atoms with van der Waals surface area (Å²) < 4.78 is 1.82. The molecule has 3 N–H and O–H groups in total. The molecule has 0 aromatic carbocycles. The lowest BCUT2D eigenvalue weighted by atomic mass is 9.80. The fraction of sp³-hybridized carbons (Fsp3) is 0.846. The number of hydrogen-bond acceptors (Lipinski definition) is 5. The van der Waals surface area contributed by atoms with E-state index >= 15 is 0 Å². The maximum Gasteiger partial charge on any atom is 0.0828 e. The number of hydrogen-bond donors (Lipinski definition) is 2. The third kappa shape index (κ3) is 2.66. The van der Waals surface area contributed by atoms with Gasteiger partial charge in [-0.05, 0) is 26.9 Å². The highest BCUT2D eigenvalue weighted by Gasteiger charge is 2.42. The topological polar surface area (TPSA) is 72.0 Å². The zero-order valence-electron chi connectivity index (χ0n) is 12.3. The Morgan fingerprint density at radius 3 is 2.37 bits per heavy atom. The van der Waals surface area contributed by atoms with Crippen molar-refractivity contribution in [2.75, 3.05) is 14.1 Å². The Bertz CT molecular complexity index is 392. The van der Waals surface area contributed by atoms with Crippen LogP contribution in [0.25, 0.3) is 0 Å². The third-order valence-electron chi connectivity index (χ3n) is 4.61. The van der Waals surface area contributed by atoms with Crippen molar-refractivity contribution in [1.29, 1.82) is 0 Å². The number of nitrogens with zero attached hydrogens (tertiary/aromatic N) is 4. The standard InChI is InChI=1S/C13H26N6/c1-18(2)13(8-6-4-5-7-9-13)12(16-14)11-10-15-17-19(11)3/h10,12,16H,4-9,14H2,1-3H3. The minimum atomic E-state index is 0.0424. The molecule has 1 unspecified atom stereocenters. The number of hydrazine groups is 1. The van der Waals surface area contributed by atoms with E-state index in [0.29, 0.717) is 0 Å². The summed E-state index contributed by atoms with van der Waals surface area (Å²) in [5, 5.41) is 8.04. The molecule has 1 aromatic rings. The first-order chi connectivity index (χ1) is 9.12. The largest absolute Gasteiger partial charge is 0.302 e. The molecule has 0 bridgehead atoms. The Labute approximate surface area is 115 Å². The van der Waals surface area contributed by atoms with Crippen molar-refractivity contribution < 1.29 is 0 Å². The average Bonchev–Trinajstić information content (AvgIpc) is 2.67. The Morgan fingerprint density at radius 2 is 1.95 bits per heavy atom. The number of likely N-dealkylation sites (N-methyl/N-ethyl adjacent to an activating group) is 1. The van der Waals surface area contributed by atoms with Gasteiger partial charge < -0.3 is 4.90 Å². The van der Waals surface area contributed by atoms with E-state index in [1.165, 1.54) is 25.7 Å². The number of nitrogens with one attached hydrogen (secondary N) is 1. The van der Waals surface area contributed by atoms with Crippen LogP contribution < -0.4 is 11.3 Å². The predicted octanol–water partition coefficient (Wildman–Crippen LogP) is 0.974. The van der Waals surface area contributed by atoms with Crippen molar-refractivity contribution in [2.45, 2.75) is 50.1 Å². The van der Waals surface area contributed by atoms with Crippen LogP contribution in [0.5, 0.6) is 0 Å². The number of aryl methyl sites for hydroxylation is 1. The van der Waals surface area contributed by atoms with Crippen molar-refractivity contribution in [3.8, 4) is 0 Å². The molecule has 6 nitrogen and oxygen atoms in total. The number of nitrogens with two attached hydrogens (primary N) is 1. The Balaban J connectivity index is 2.37. The highest BCUT2D eigenvalue weighted by Crippen LogP contribution is 2.40. The van der Waals surface area contributed by atoms with Gasteiger partial charge in [-0.3, -0.25) is 10.5 Å². The van der Waals surface area contributed by atoms with E-state index in [-0.39, 0.29) is 11.6 Å². The third-order valence-corrected chi connectivity index (χ3v) is 4.61. The SMILES string of the molecule is CN(C)C1(C(NN)c2cnnn2C)CCCCCC1. The van der Waals surface area contributed by atoms with Crippen LogP contribution in [0.3, 0.4) is 0 Å². The monoisotopic (exact) mass is 266 g/mol. The van der Waals surface area contributed by atoms with Crippen molar-refractivity contribution in [3.63, 3.8) is 0 Å². The molecule has 1 atom stereocenters. The molecule has 0 aliphatic heterocycles. The quantitative estimate of drug-likeness (QED) is 0.483. The lowest BCUT2D eigenvalue weighted by Crippen LogP contribution is -2.55. The minimum absolute atomic E-state index is 0.0424. The first-order valence-electron chi connectivity index (χ1n) is 7.10. The molecule has 0 radical (unpaired) electrons. The zero-order chi connectivity index (χ0) is 13.9. The molecule has 1 aliphatic carbocycles. The van der Waals surface area contributed by atoms with Gasteiger partial charge in [-0.15, -0.1) is 5.10 Å². The minimum Gasteiger partial charge on any atom is -0.302 e. The molecule has 1 saturated carbocycles. The van der Waals surface area contributed by atoms with Gasteiger partial charge in [0.05, 0.1) is 17.9 Å². The normalized spacial score (nSPS) is 21.3. The van der Waals surface area contributed by atoms with Crippen molar-refractivity contribution in [1.82, 2.24) is 25.3 Å². The van der Waals surface area contributed by atoms with Gasteiger partial charge in [-0.25, -0.2) is 5.43 Å². The van der Waals surface area contributed by atoms with Crippen LogP contribution >= 0.6 is 0 Å². The van der Waals surface area contributed by atoms with Crippen molar-refractivity contribution in [2.24, 2.45) is 12.9 Å². The summed E-state index contributed by atoms with van der Waals surface area (Å²) in [6.07, 6.45) is 9.26. The summed E-state index contributed by atoms with van der Waals surface area (Å²) in [6, 6.07) is 0.0561. The van der Waals surface area contributed by atoms with Crippen LogP contribution in [0.2, 0.25) is 0 Å². The molecule has 2 rings (SSSR count). The molecule has 108 valence electrons. The number of aromatic nitrogens is 3. The van der Waals surface area contributed by atoms with E-state index in [1.54, 1.807) is 0 Å². The molecule has 0 spiro atoms. The molecule has 0 amide bonds. The van der Waals surface area contributed by atoms with Crippen LogP contribution in [0.1, 0.15) is 50.3 Å². The van der Waals surface area contributed by atoms with Crippen LogP contribution in [-0.2, 0) is 7.05 Å². The van der Waals surface area contributed by atoms with Gasteiger partial charge in [0.15, 0.2) is 0 Å². The molecule has 19 heavy (non-hydrogen) atoms.